The SMILES string of the molecule is CCC(=O)c1ccc(C[C@@H](CNC(=O)C[C@H](c2cnc(C)nc2)C2(C(C)(F)F)CC2)N(C)C)cc1F. The molecule has 1 heterocycles. The Bertz CT molecular complexity index is 1080. The summed E-state index contributed by atoms with van der Waals surface area (Å²) in [5.74, 6) is -4.25. The van der Waals surface area contributed by atoms with Crippen molar-refractivity contribution < 1.29 is 22.8 Å². The number of likely N-dealkylation sites (N-methyl/N-ethyl adjacent to an activating group) is 1. The molecule has 36 heavy (non-hydrogen) atoms. The molecule has 2 aromatic rings. The van der Waals surface area contributed by atoms with E-state index in [1.165, 1.54) is 24.5 Å². The second-order valence-electron chi connectivity index (χ2n) is 10.1. The van der Waals surface area contributed by atoms with E-state index in [9.17, 15) is 22.8 Å². The quantitative estimate of drug-likeness (QED) is 0.424. The molecule has 9 heteroatoms. The molecule has 196 valence electrons. The Labute approximate surface area is 210 Å². The summed E-state index contributed by atoms with van der Waals surface area (Å²) in [7, 11) is 3.71. The molecular weight excluding hydrogens is 469 g/mol. The van der Waals surface area contributed by atoms with Crippen LogP contribution in [0.15, 0.2) is 30.6 Å². The molecule has 1 aliphatic rings. The zero-order chi connectivity index (χ0) is 26.7. The van der Waals surface area contributed by atoms with Gasteiger partial charge in [-0.15, -0.1) is 0 Å². The molecule has 0 spiro atoms. The van der Waals surface area contributed by atoms with Crippen molar-refractivity contribution in [1.82, 2.24) is 20.2 Å². The average molecular weight is 505 g/mol. The first-order chi connectivity index (χ1) is 16.9. The lowest BCUT2D eigenvalue weighted by Crippen LogP contribution is -2.43. The van der Waals surface area contributed by atoms with Gasteiger partial charge in [0.1, 0.15) is 11.6 Å². The highest BCUT2D eigenvalue weighted by Crippen LogP contribution is 2.65. The monoisotopic (exact) mass is 504 g/mol. The molecule has 6 nitrogen and oxygen atoms in total. The number of rotatable bonds is 12. The molecule has 1 aromatic heterocycles. The van der Waals surface area contributed by atoms with E-state index >= 15 is 0 Å². The van der Waals surface area contributed by atoms with Crippen LogP contribution >= 0.6 is 0 Å². The number of carbonyl (C=O) groups excluding carboxylic acids is 2. The van der Waals surface area contributed by atoms with Crippen molar-refractivity contribution in [2.24, 2.45) is 5.41 Å². The number of hydrogen-bond acceptors (Lipinski definition) is 5. The Morgan fingerprint density at radius 3 is 2.33 bits per heavy atom. The molecule has 1 aromatic carbocycles. The first-order valence-corrected chi connectivity index (χ1v) is 12.3. The predicted molar refractivity (Wildman–Crippen MR) is 132 cm³/mol. The third-order valence-corrected chi connectivity index (χ3v) is 7.31. The van der Waals surface area contributed by atoms with E-state index in [0.29, 0.717) is 36.2 Å². The molecule has 0 aliphatic heterocycles. The molecule has 0 unspecified atom stereocenters. The van der Waals surface area contributed by atoms with Gasteiger partial charge in [0.25, 0.3) is 5.92 Å². The fraction of sp³-hybridized carbons (Fsp3) is 0.556. The van der Waals surface area contributed by atoms with Crippen molar-refractivity contribution in [2.75, 3.05) is 20.6 Å². The number of aryl methyl sites for hydroxylation is 1. The van der Waals surface area contributed by atoms with E-state index in [-0.39, 0.29) is 42.7 Å². The molecule has 1 N–H and O–H groups in total. The summed E-state index contributed by atoms with van der Waals surface area (Å²) in [6, 6.07) is 4.41. The third-order valence-electron chi connectivity index (χ3n) is 7.31. The van der Waals surface area contributed by atoms with Crippen molar-refractivity contribution in [3.05, 3.63) is 58.9 Å². The van der Waals surface area contributed by atoms with Gasteiger partial charge in [-0.1, -0.05) is 13.0 Å². The standard InChI is InChI=1S/C27H35F3N4O2/c1-6-24(35)21-8-7-18(12-23(21)28)11-20(34(4)5)16-33-25(36)13-22(19-14-31-17(2)32-15-19)27(9-10-27)26(3,29)30/h7-8,12,14-15,20,22H,6,9-11,13,16H2,1-5H3,(H,33,36)/t20-,22+/m0/s1. The van der Waals surface area contributed by atoms with Crippen LogP contribution in [0.4, 0.5) is 13.2 Å². The summed E-state index contributed by atoms with van der Waals surface area (Å²) in [6.07, 6.45) is 4.32. The van der Waals surface area contributed by atoms with Gasteiger partial charge in [-0.3, -0.25) is 9.59 Å². The van der Waals surface area contributed by atoms with E-state index in [1.54, 1.807) is 19.9 Å². The maximum absolute atomic E-state index is 14.6. The van der Waals surface area contributed by atoms with E-state index < -0.39 is 23.1 Å². The summed E-state index contributed by atoms with van der Waals surface area (Å²) in [6.45, 7) is 4.58. The number of benzene rings is 1. The first-order valence-electron chi connectivity index (χ1n) is 12.3. The minimum absolute atomic E-state index is 0.0730. The Morgan fingerprint density at radius 2 is 1.83 bits per heavy atom. The fourth-order valence-corrected chi connectivity index (χ4v) is 4.74. The van der Waals surface area contributed by atoms with Gasteiger partial charge in [0.15, 0.2) is 5.78 Å². The molecule has 2 atom stereocenters. The maximum atomic E-state index is 14.6. The second kappa shape index (κ2) is 11.1. The minimum atomic E-state index is -2.94. The highest BCUT2D eigenvalue weighted by atomic mass is 19.3. The van der Waals surface area contributed by atoms with Crippen molar-refractivity contribution in [3.8, 4) is 0 Å². The Hall–Kier alpha value is -2.81. The lowest BCUT2D eigenvalue weighted by atomic mass is 9.78. The summed E-state index contributed by atoms with van der Waals surface area (Å²) in [5.41, 5.74) is 0.0318. The molecule has 1 aliphatic carbocycles. The first kappa shape index (κ1) is 27.8. The Kier molecular flexibility index (Phi) is 8.54. The lowest BCUT2D eigenvalue weighted by molar-refractivity contribution is -0.123. The predicted octanol–water partition coefficient (Wildman–Crippen LogP) is 4.72. The Morgan fingerprint density at radius 1 is 1.19 bits per heavy atom. The van der Waals surface area contributed by atoms with Crippen LogP contribution < -0.4 is 5.32 Å². The number of hydrogen-bond donors (Lipinski definition) is 1. The number of ketones is 1. The van der Waals surface area contributed by atoms with Crippen LogP contribution in [0.5, 0.6) is 0 Å². The number of alkyl halides is 2. The number of carbonyl (C=O) groups is 2. The van der Waals surface area contributed by atoms with Gasteiger partial charge in [0, 0.05) is 49.2 Å². The largest absolute Gasteiger partial charge is 0.355 e. The molecule has 1 saturated carbocycles. The van der Waals surface area contributed by atoms with E-state index in [4.69, 9.17) is 0 Å². The van der Waals surface area contributed by atoms with Gasteiger partial charge in [-0.05, 0) is 70.5 Å². The summed E-state index contributed by atoms with van der Waals surface area (Å²) in [5, 5.41) is 2.89. The highest BCUT2D eigenvalue weighted by Gasteiger charge is 2.63. The van der Waals surface area contributed by atoms with Crippen LogP contribution in [0, 0.1) is 18.2 Å². The number of aromatic nitrogens is 2. The summed E-state index contributed by atoms with van der Waals surface area (Å²) >= 11 is 0. The van der Waals surface area contributed by atoms with E-state index in [2.05, 4.69) is 15.3 Å². The molecular formula is C27H35F3N4O2. The average Bonchev–Trinajstić information content (AvgIpc) is 3.62. The van der Waals surface area contributed by atoms with Crippen LogP contribution in [-0.2, 0) is 11.2 Å². The highest BCUT2D eigenvalue weighted by molar-refractivity contribution is 5.96. The summed E-state index contributed by atoms with van der Waals surface area (Å²) in [4.78, 5) is 35.0. The normalized spacial score (nSPS) is 16.5. The summed E-state index contributed by atoms with van der Waals surface area (Å²) < 4.78 is 43.6. The Balaban J connectivity index is 1.69. The fourth-order valence-electron chi connectivity index (χ4n) is 4.74. The molecule has 0 radical (unpaired) electrons. The zero-order valence-electron chi connectivity index (χ0n) is 21.6. The smallest absolute Gasteiger partial charge is 0.251 e. The van der Waals surface area contributed by atoms with Crippen molar-refractivity contribution >= 4 is 11.7 Å². The van der Waals surface area contributed by atoms with Crippen LogP contribution in [0.2, 0.25) is 0 Å². The number of nitrogens with zero attached hydrogens (tertiary/aromatic N) is 3. The van der Waals surface area contributed by atoms with Gasteiger partial charge in [0.05, 0.1) is 5.56 Å². The maximum Gasteiger partial charge on any atom is 0.251 e. The topological polar surface area (TPSA) is 75.2 Å². The third kappa shape index (κ3) is 6.30. The number of amides is 1. The number of Topliss-reactive ketones (excluding diaryl/α,β-unsaturated/α-hetero) is 1. The van der Waals surface area contributed by atoms with Crippen LogP contribution in [0.1, 0.15) is 72.8 Å². The van der Waals surface area contributed by atoms with Crippen LogP contribution in [0.3, 0.4) is 0 Å². The van der Waals surface area contributed by atoms with Crippen LogP contribution in [-0.4, -0.2) is 59.2 Å². The van der Waals surface area contributed by atoms with Gasteiger partial charge < -0.3 is 10.2 Å². The van der Waals surface area contributed by atoms with Gasteiger partial charge in [-0.2, -0.15) is 0 Å². The molecule has 0 bridgehead atoms. The molecule has 1 amide bonds. The van der Waals surface area contributed by atoms with Crippen molar-refractivity contribution in [3.63, 3.8) is 0 Å². The van der Waals surface area contributed by atoms with Crippen LogP contribution in [0.25, 0.3) is 0 Å². The number of nitrogens with one attached hydrogen (secondary N) is 1. The van der Waals surface area contributed by atoms with E-state index in [0.717, 1.165) is 6.92 Å². The number of halogens is 3. The van der Waals surface area contributed by atoms with Gasteiger partial charge in [0.2, 0.25) is 5.91 Å². The van der Waals surface area contributed by atoms with Crippen molar-refractivity contribution in [2.45, 2.75) is 70.8 Å². The second-order valence-corrected chi connectivity index (χ2v) is 10.1. The van der Waals surface area contributed by atoms with Crippen molar-refractivity contribution in [1.29, 1.82) is 0 Å². The minimum Gasteiger partial charge on any atom is -0.355 e. The zero-order valence-corrected chi connectivity index (χ0v) is 21.6. The van der Waals surface area contributed by atoms with E-state index in [1.807, 2.05) is 19.0 Å². The molecule has 3 rings (SSSR count). The van der Waals surface area contributed by atoms with Gasteiger partial charge >= 0.3 is 0 Å². The van der Waals surface area contributed by atoms with Gasteiger partial charge in [-0.25, -0.2) is 23.1 Å². The lowest BCUT2D eigenvalue weighted by Gasteiger charge is -2.32. The molecule has 1 fully saturated rings. The molecule has 0 saturated heterocycles.